The number of nitrogens with one attached hydrogen (secondary N) is 1. The number of nitrogens with zero attached hydrogens (tertiary/aromatic N) is 3. The van der Waals surface area contributed by atoms with Crippen LogP contribution in [0, 0.1) is 0 Å². The fourth-order valence-electron chi connectivity index (χ4n) is 3.59. The van der Waals surface area contributed by atoms with E-state index in [9.17, 15) is 4.79 Å². The van der Waals surface area contributed by atoms with Crippen molar-refractivity contribution in [1.29, 1.82) is 0 Å². The molecular formula is C20H26N4O2S. The minimum Gasteiger partial charge on any atom is -0.469 e. The van der Waals surface area contributed by atoms with Crippen molar-refractivity contribution in [2.45, 2.75) is 44.8 Å². The van der Waals surface area contributed by atoms with Crippen molar-refractivity contribution in [3.63, 3.8) is 0 Å². The molecule has 0 aromatic carbocycles. The van der Waals surface area contributed by atoms with E-state index in [1.165, 1.54) is 12.8 Å². The molecule has 1 aliphatic rings. The van der Waals surface area contributed by atoms with Gasteiger partial charge in [0.15, 0.2) is 5.11 Å². The van der Waals surface area contributed by atoms with Crippen LogP contribution in [0.1, 0.15) is 56.2 Å². The van der Waals surface area contributed by atoms with E-state index < -0.39 is 0 Å². The van der Waals surface area contributed by atoms with Crippen molar-refractivity contribution in [1.82, 2.24) is 19.8 Å². The van der Waals surface area contributed by atoms with Gasteiger partial charge >= 0.3 is 5.97 Å². The maximum Gasteiger partial charge on any atom is 0.305 e. The molecule has 0 unspecified atom stereocenters. The van der Waals surface area contributed by atoms with Gasteiger partial charge in [0.2, 0.25) is 0 Å². The number of esters is 1. The topological polar surface area (TPSA) is 59.4 Å². The lowest BCUT2D eigenvalue weighted by molar-refractivity contribution is -0.140. The Bertz CT molecular complexity index is 790. The summed E-state index contributed by atoms with van der Waals surface area (Å²) in [6, 6.07) is 10.5. The number of methoxy groups -OCH3 is 1. The molecule has 3 heterocycles. The third kappa shape index (κ3) is 4.13. The lowest BCUT2D eigenvalue weighted by atomic mass is 10.0. The quantitative estimate of drug-likeness (QED) is 0.581. The monoisotopic (exact) mass is 386 g/mol. The van der Waals surface area contributed by atoms with Gasteiger partial charge in [0.25, 0.3) is 0 Å². The number of thiocarbonyl (C=S) groups is 1. The fraction of sp³-hybridized carbons (Fsp3) is 0.450. The summed E-state index contributed by atoms with van der Waals surface area (Å²) in [7, 11) is 1.42. The van der Waals surface area contributed by atoms with Crippen molar-refractivity contribution in [2.24, 2.45) is 0 Å². The first-order valence-electron chi connectivity index (χ1n) is 9.24. The normalized spacial score (nSPS) is 19.4. The molecule has 2 aromatic rings. The Morgan fingerprint density at radius 1 is 1.33 bits per heavy atom. The molecule has 27 heavy (non-hydrogen) atoms. The van der Waals surface area contributed by atoms with Gasteiger partial charge in [-0.2, -0.15) is 0 Å². The molecule has 0 spiro atoms. The van der Waals surface area contributed by atoms with Gasteiger partial charge in [-0.05, 0) is 56.8 Å². The molecule has 2 atom stereocenters. The highest BCUT2D eigenvalue weighted by Gasteiger charge is 2.40. The van der Waals surface area contributed by atoms with Crippen molar-refractivity contribution < 1.29 is 9.53 Å². The lowest BCUT2D eigenvalue weighted by Gasteiger charge is -2.29. The number of aromatic nitrogens is 2. The van der Waals surface area contributed by atoms with Crippen LogP contribution >= 0.6 is 12.2 Å². The molecule has 3 rings (SSSR count). The second-order valence-electron chi connectivity index (χ2n) is 6.93. The highest BCUT2D eigenvalue weighted by molar-refractivity contribution is 7.80. The molecule has 2 aromatic heterocycles. The molecular weight excluding hydrogens is 360 g/mol. The molecule has 1 aliphatic heterocycles. The zero-order chi connectivity index (χ0) is 19.4. The van der Waals surface area contributed by atoms with Crippen LogP contribution < -0.4 is 5.32 Å². The molecule has 1 N–H and O–H groups in total. The van der Waals surface area contributed by atoms with Gasteiger partial charge in [-0.25, -0.2) is 0 Å². The highest BCUT2D eigenvalue weighted by atomic mass is 32.1. The summed E-state index contributed by atoms with van der Waals surface area (Å²) >= 11 is 5.65. The van der Waals surface area contributed by atoms with Crippen LogP contribution in [0.2, 0.25) is 0 Å². The molecule has 144 valence electrons. The zero-order valence-corrected chi connectivity index (χ0v) is 16.8. The Hall–Kier alpha value is -2.41. The molecule has 0 amide bonds. The van der Waals surface area contributed by atoms with Crippen LogP contribution in [0.15, 0.2) is 42.7 Å². The summed E-state index contributed by atoms with van der Waals surface area (Å²) in [5.74, 6) is -0.198. The van der Waals surface area contributed by atoms with Crippen LogP contribution in [0.3, 0.4) is 0 Å². The van der Waals surface area contributed by atoms with Gasteiger partial charge < -0.3 is 19.5 Å². The van der Waals surface area contributed by atoms with E-state index in [4.69, 9.17) is 17.0 Å². The maximum absolute atomic E-state index is 11.5. The second kappa shape index (κ2) is 8.52. The van der Waals surface area contributed by atoms with Crippen LogP contribution in [0.25, 0.3) is 0 Å². The highest BCUT2D eigenvalue weighted by Crippen LogP contribution is 2.39. The van der Waals surface area contributed by atoms with Crippen molar-refractivity contribution in [3.05, 3.63) is 54.1 Å². The Balaban J connectivity index is 1.92. The third-order valence-electron chi connectivity index (χ3n) is 4.88. The van der Waals surface area contributed by atoms with Crippen molar-refractivity contribution in [2.75, 3.05) is 13.7 Å². The smallest absolute Gasteiger partial charge is 0.305 e. The molecule has 1 fully saturated rings. The fourth-order valence-corrected chi connectivity index (χ4v) is 3.92. The molecule has 0 saturated carbocycles. The summed E-state index contributed by atoms with van der Waals surface area (Å²) in [4.78, 5) is 18.2. The molecule has 1 saturated heterocycles. The predicted octanol–water partition coefficient (Wildman–Crippen LogP) is 3.39. The molecule has 0 bridgehead atoms. The number of hydrogen-bond acceptors (Lipinski definition) is 4. The molecule has 0 aliphatic carbocycles. The van der Waals surface area contributed by atoms with E-state index in [0.717, 1.165) is 5.69 Å². The van der Waals surface area contributed by atoms with Gasteiger partial charge in [-0.3, -0.25) is 9.78 Å². The van der Waals surface area contributed by atoms with Gasteiger partial charge in [0, 0.05) is 37.1 Å². The number of hydrogen-bond donors (Lipinski definition) is 1. The minimum absolute atomic E-state index is 0.0162. The number of ether oxygens (including phenoxy) is 1. The largest absolute Gasteiger partial charge is 0.469 e. The van der Waals surface area contributed by atoms with Gasteiger partial charge in [0.05, 0.1) is 24.9 Å². The average molecular weight is 387 g/mol. The van der Waals surface area contributed by atoms with Gasteiger partial charge in [0.1, 0.15) is 0 Å². The Morgan fingerprint density at radius 2 is 2.15 bits per heavy atom. The van der Waals surface area contributed by atoms with Gasteiger partial charge in [-0.1, -0.05) is 6.07 Å². The summed E-state index contributed by atoms with van der Waals surface area (Å²) in [6.07, 6.45) is 4.96. The summed E-state index contributed by atoms with van der Waals surface area (Å²) < 4.78 is 7.03. The minimum atomic E-state index is -0.198. The number of pyridine rings is 1. The van der Waals surface area contributed by atoms with E-state index in [2.05, 4.69) is 51.9 Å². The Labute approximate surface area is 165 Å². The maximum atomic E-state index is 11.5. The van der Waals surface area contributed by atoms with Crippen LogP contribution in [-0.4, -0.2) is 39.2 Å². The average Bonchev–Trinajstić information content (AvgIpc) is 3.27. The Kier molecular flexibility index (Phi) is 6.11. The first-order valence-corrected chi connectivity index (χ1v) is 9.65. The second-order valence-corrected chi connectivity index (χ2v) is 7.32. The predicted molar refractivity (Wildman–Crippen MR) is 108 cm³/mol. The summed E-state index contributed by atoms with van der Waals surface area (Å²) in [5.41, 5.74) is 2.14. The number of carbonyl (C=O) groups excluding carboxylic acids is 1. The SMILES string of the molecule is COC(=O)CCCN1C(=S)N[C@H](c2ccccn2)[C@H]1c1cccn1C(C)C. The van der Waals surface area contributed by atoms with Crippen LogP contribution in [-0.2, 0) is 9.53 Å². The Morgan fingerprint density at radius 3 is 2.81 bits per heavy atom. The van der Waals surface area contributed by atoms with E-state index in [1.54, 1.807) is 6.20 Å². The van der Waals surface area contributed by atoms with E-state index in [-0.39, 0.29) is 18.1 Å². The number of rotatable bonds is 7. The van der Waals surface area contributed by atoms with Gasteiger partial charge in [-0.15, -0.1) is 0 Å². The standard InChI is InChI=1S/C20H26N4O2S/c1-14(2)23-12-6-9-16(23)19-18(15-8-4-5-11-21-15)22-20(27)24(19)13-7-10-17(25)26-3/h4-6,8-9,11-12,14,18-19H,7,10,13H2,1-3H3,(H,22,27)/t18-,19-/m1/s1. The zero-order valence-electron chi connectivity index (χ0n) is 16.0. The van der Waals surface area contributed by atoms with E-state index >= 15 is 0 Å². The van der Waals surface area contributed by atoms with E-state index in [0.29, 0.717) is 30.5 Å². The summed E-state index contributed by atoms with van der Waals surface area (Å²) in [5, 5.41) is 4.13. The van der Waals surface area contributed by atoms with Crippen molar-refractivity contribution >= 4 is 23.3 Å². The van der Waals surface area contributed by atoms with Crippen molar-refractivity contribution in [3.8, 4) is 0 Å². The third-order valence-corrected chi connectivity index (χ3v) is 5.23. The van der Waals surface area contributed by atoms with Crippen LogP contribution in [0.5, 0.6) is 0 Å². The first-order chi connectivity index (χ1) is 13.0. The van der Waals surface area contributed by atoms with E-state index in [1.807, 2.05) is 18.2 Å². The molecule has 0 radical (unpaired) electrons. The summed E-state index contributed by atoms with van der Waals surface area (Å²) in [6.45, 7) is 5.02. The first kappa shape index (κ1) is 19.4. The lowest BCUT2D eigenvalue weighted by Crippen LogP contribution is -2.32. The molecule has 6 nitrogen and oxygen atoms in total. The molecule has 7 heteroatoms. The number of carbonyl (C=O) groups is 1. The van der Waals surface area contributed by atoms with Crippen LogP contribution in [0.4, 0.5) is 0 Å².